The van der Waals surface area contributed by atoms with Crippen LogP contribution in [0, 0.1) is 5.92 Å². The smallest absolute Gasteiger partial charge is 0.417 e. The molecule has 0 radical (unpaired) electrons. The molecule has 1 aliphatic heterocycles. The summed E-state index contributed by atoms with van der Waals surface area (Å²) >= 11 is 1.79. The first-order valence-corrected chi connectivity index (χ1v) is 14.5. The number of carboxylic acid groups (broad SMARTS) is 1. The number of hydrogen-bond donors (Lipinski definition) is 1. The molecule has 1 atom stereocenters. The first kappa shape index (κ1) is 27.2. The molecule has 3 aromatic rings. The number of fused-ring (bicyclic) bond motifs is 1. The molecule has 1 aliphatic carbocycles. The first-order valence-electron chi connectivity index (χ1n) is 13.6. The van der Waals surface area contributed by atoms with Gasteiger partial charge in [-0.25, -0.2) is 9.59 Å². The summed E-state index contributed by atoms with van der Waals surface area (Å²) in [6.07, 6.45) is 7.39. The van der Waals surface area contributed by atoms with Gasteiger partial charge in [0.1, 0.15) is 11.9 Å². The monoisotopic (exact) mass is 546 g/mol. The SMILES string of the molecule is CC(CCN1CC=C(c2cccc3ccsc23)CC1)(C(=O)C1CCC(OC(=O)C(=O)O)CC1)c1ccccn1. The van der Waals surface area contributed by atoms with Gasteiger partial charge in [0.15, 0.2) is 0 Å². The minimum Gasteiger partial charge on any atom is -0.473 e. The number of pyridine rings is 1. The lowest BCUT2D eigenvalue weighted by Crippen LogP contribution is -2.43. The van der Waals surface area contributed by atoms with Crippen molar-refractivity contribution in [3.8, 4) is 0 Å². The Morgan fingerprint density at radius 3 is 2.62 bits per heavy atom. The Hall–Kier alpha value is -3.36. The van der Waals surface area contributed by atoms with Crippen molar-refractivity contribution >= 4 is 44.7 Å². The van der Waals surface area contributed by atoms with E-state index in [1.165, 1.54) is 21.2 Å². The van der Waals surface area contributed by atoms with Crippen LogP contribution in [0.4, 0.5) is 0 Å². The summed E-state index contributed by atoms with van der Waals surface area (Å²) in [5.41, 5.74) is 2.78. The number of ether oxygens (including phenoxy) is 1. The fourth-order valence-corrected chi connectivity index (χ4v) is 6.90. The van der Waals surface area contributed by atoms with Crippen LogP contribution >= 0.6 is 11.3 Å². The minimum atomic E-state index is -1.58. The Bertz CT molecular complexity index is 1380. The molecule has 1 N–H and O–H groups in total. The number of aliphatic carboxylic acids is 1. The fourth-order valence-electron chi connectivity index (χ4n) is 5.95. The van der Waals surface area contributed by atoms with E-state index < -0.39 is 23.5 Å². The van der Waals surface area contributed by atoms with Gasteiger partial charge in [0.25, 0.3) is 0 Å². The van der Waals surface area contributed by atoms with Crippen molar-refractivity contribution in [1.82, 2.24) is 9.88 Å². The summed E-state index contributed by atoms with van der Waals surface area (Å²) in [6.45, 7) is 4.60. The fraction of sp³-hybridized carbons (Fsp3) is 0.419. The van der Waals surface area contributed by atoms with Gasteiger partial charge in [0, 0.05) is 29.9 Å². The second-order valence-corrected chi connectivity index (χ2v) is 11.7. The Balaban J connectivity index is 1.25. The van der Waals surface area contributed by atoms with Gasteiger partial charge < -0.3 is 9.84 Å². The molecule has 1 aromatic carbocycles. The first-order chi connectivity index (χ1) is 18.8. The zero-order valence-corrected chi connectivity index (χ0v) is 23.0. The van der Waals surface area contributed by atoms with Crippen LogP contribution in [0.15, 0.2) is 60.1 Å². The number of ketones is 1. The average Bonchev–Trinajstić information content (AvgIpc) is 3.46. The van der Waals surface area contributed by atoms with E-state index in [-0.39, 0.29) is 11.7 Å². The molecule has 3 heterocycles. The molecular weight excluding hydrogens is 512 g/mol. The van der Waals surface area contributed by atoms with Gasteiger partial charge in [-0.05, 0) is 92.1 Å². The highest BCUT2D eigenvalue weighted by molar-refractivity contribution is 7.17. The van der Waals surface area contributed by atoms with Crippen molar-refractivity contribution in [3.63, 3.8) is 0 Å². The highest BCUT2D eigenvalue weighted by Crippen LogP contribution is 2.37. The topological polar surface area (TPSA) is 96.8 Å². The van der Waals surface area contributed by atoms with E-state index in [1.54, 1.807) is 17.5 Å². The third-order valence-corrected chi connectivity index (χ3v) is 9.28. The van der Waals surface area contributed by atoms with Crippen molar-refractivity contribution < 1.29 is 24.2 Å². The van der Waals surface area contributed by atoms with E-state index in [0.717, 1.165) is 31.7 Å². The van der Waals surface area contributed by atoms with E-state index in [2.05, 4.69) is 45.6 Å². The zero-order chi connectivity index (χ0) is 27.4. The van der Waals surface area contributed by atoms with Crippen molar-refractivity contribution in [3.05, 3.63) is 71.4 Å². The Morgan fingerprint density at radius 2 is 1.92 bits per heavy atom. The average molecular weight is 547 g/mol. The highest BCUT2D eigenvalue weighted by atomic mass is 32.1. The van der Waals surface area contributed by atoms with Crippen LogP contribution in [0.2, 0.25) is 0 Å². The lowest BCUT2D eigenvalue weighted by Gasteiger charge is -2.36. The summed E-state index contributed by atoms with van der Waals surface area (Å²) < 4.78 is 6.41. The minimum absolute atomic E-state index is 0.168. The second-order valence-electron chi connectivity index (χ2n) is 10.8. The third-order valence-electron chi connectivity index (χ3n) is 8.31. The van der Waals surface area contributed by atoms with Gasteiger partial charge in [0.2, 0.25) is 0 Å². The number of carboxylic acids is 1. The number of carbonyl (C=O) groups is 3. The molecule has 1 unspecified atom stereocenters. The Morgan fingerprint density at radius 1 is 1.10 bits per heavy atom. The van der Waals surface area contributed by atoms with Gasteiger partial charge in [-0.2, -0.15) is 0 Å². The van der Waals surface area contributed by atoms with Crippen molar-refractivity contribution in [2.24, 2.45) is 5.92 Å². The number of nitrogens with zero attached hydrogens (tertiary/aromatic N) is 2. The third kappa shape index (κ3) is 5.97. The quantitative estimate of drug-likeness (QED) is 0.295. The summed E-state index contributed by atoms with van der Waals surface area (Å²) in [5, 5.41) is 12.3. The molecule has 0 amide bonds. The number of carbonyl (C=O) groups excluding carboxylic acids is 2. The van der Waals surface area contributed by atoms with Gasteiger partial charge in [-0.3, -0.25) is 14.7 Å². The molecule has 39 heavy (non-hydrogen) atoms. The van der Waals surface area contributed by atoms with E-state index in [4.69, 9.17) is 9.84 Å². The molecule has 2 aromatic heterocycles. The van der Waals surface area contributed by atoms with Crippen LogP contribution in [0.3, 0.4) is 0 Å². The Kier molecular flexibility index (Phi) is 8.23. The maximum absolute atomic E-state index is 14.0. The number of rotatable bonds is 8. The predicted molar refractivity (Wildman–Crippen MR) is 152 cm³/mol. The molecule has 0 bridgehead atoms. The summed E-state index contributed by atoms with van der Waals surface area (Å²) in [7, 11) is 0. The van der Waals surface area contributed by atoms with Crippen LogP contribution in [0.5, 0.6) is 0 Å². The molecule has 5 rings (SSSR count). The van der Waals surface area contributed by atoms with Gasteiger partial charge >= 0.3 is 11.9 Å². The summed E-state index contributed by atoms with van der Waals surface area (Å²) in [4.78, 5) is 43.3. The van der Waals surface area contributed by atoms with E-state index >= 15 is 0 Å². The van der Waals surface area contributed by atoms with E-state index in [9.17, 15) is 14.4 Å². The molecule has 0 saturated heterocycles. The van der Waals surface area contributed by atoms with E-state index in [1.807, 2.05) is 25.1 Å². The molecule has 0 spiro atoms. The summed E-state index contributed by atoms with van der Waals surface area (Å²) in [6, 6.07) is 14.4. The van der Waals surface area contributed by atoms with Crippen molar-refractivity contribution in [2.75, 3.05) is 19.6 Å². The van der Waals surface area contributed by atoms with Crippen LogP contribution in [0.25, 0.3) is 15.7 Å². The Labute approximate surface area is 232 Å². The van der Waals surface area contributed by atoms with Crippen molar-refractivity contribution in [1.29, 1.82) is 0 Å². The molecule has 7 nitrogen and oxygen atoms in total. The maximum atomic E-state index is 14.0. The standard InChI is InChI=1S/C31H34N2O5S/c1-31(26-7-2-3-16-32-26,28(34)23-8-10-24(11-9-23)38-30(37)29(35)36)15-19-33-17-12-21(13-18-33)25-6-4-5-22-14-20-39-27(22)25/h2-7,12,14,16,20,23-24H,8-11,13,15,17-19H2,1H3,(H,35,36). The molecule has 1 fully saturated rings. The lowest BCUT2D eigenvalue weighted by atomic mass is 9.70. The molecule has 2 aliphatic rings. The number of hydrogen-bond acceptors (Lipinski definition) is 7. The maximum Gasteiger partial charge on any atom is 0.417 e. The normalized spacial score (nSPS) is 21.6. The lowest BCUT2D eigenvalue weighted by molar-refractivity contribution is -0.168. The van der Waals surface area contributed by atoms with Gasteiger partial charge in [-0.15, -0.1) is 11.3 Å². The summed E-state index contributed by atoms with van der Waals surface area (Å²) in [5.74, 6) is -2.81. The zero-order valence-electron chi connectivity index (χ0n) is 22.2. The molecular formula is C31H34N2O5S. The number of aromatic nitrogens is 1. The predicted octanol–water partition coefficient (Wildman–Crippen LogP) is 5.49. The van der Waals surface area contributed by atoms with Gasteiger partial charge in [0.05, 0.1) is 11.1 Å². The number of esters is 1. The molecule has 204 valence electrons. The number of Topliss-reactive ketones (excluding diaryl/α,β-unsaturated/α-hetero) is 1. The molecule has 8 heteroatoms. The largest absolute Gasteiger partial charge is 0.473 e. The van der Waals surface area contributed by atoms with Crippen LogP contribution < -0.4 is 0 Å². The van der Waals surface area contributed by atoms with Crippen LogP contribution in [-0.4, -0.2) is 58.5 Å². The van der Waals surface area contributed by atoms with Crippen LogP contribution in [0.1, 0.15) is 56.7 Å². The number of thiophene rings is 1. The van der Waals surface area contributed by atoms with Crippen LogP contribution in [-0.2, 0) is 24.5 Å². The molecule has 1 saturated carbocycles. The van der Waals surface area contributed by atoms with Crippen molar-refractivity contribution in [2.45, 2.75) is 57.0 Å². The number of benzene rings is 1. The van der Waals surface area contributed by atoms with Gasteiger partial charge in [-0.1, -0.05) is 30.3 Å². The van der Waals surface area contributed by atoms with E-state index in [0.29, 0.717) is 32.1 Å². The second kappa shape index (κ2) is 11.8. The highest BCUT2D eigenvalue weighted by Gasteiger charge is 2.42.